The third-order valence-corrected chi connectivity index (χ3v) is 4.24. The van der Waals surface area contributed by atoms with Crippen molar-refractivity contribution < 1.29 is 13.5 Å². The van der Waals surface area contributed by atoms with E-state index in [-0.39, 0.29) is 18.4 Å². The van der Waals surface area contributed by atoms with Crippen molar-refractivity contribution in [3.05, 3.63) is 18.0 Å². The van der Waals surface area contributed by atoms with Crippen LogP contribution in [-0.2, 0) is 15.6 Å². The van der Waals surface area contributed by atoms with Crippen LogP contribution in [0.2, 0.25) is 0 Å². The van der Waals surface area contributed by atoms with Gasteiger partial charge in [0.1, 0.15) is 5.82 Å². The van der Waals surface area contributed by atoms with Gasteiger partial charge in [0.15, 0.2) is 20.8 Å². The number of rotatable bonds is 6. The number of hydrogen-bond acceptors (Lipinski definition) is 9. The van der Waals surface area contributed by atoms with Crippen molar-refractivity contribution in [3.8, 4) is 10.7 Å². The number of aromatic nitrogens is 3. The highest BCUT2D eigenvalue weighted by Crippen LogP contribution is 2.26. The summed E-state index contributed by atoms with van der Waals surface area (Å²) in [6.45, 7) is 1.71. The van der Waals surface area contributed by atoms with E-state index in [1.54, 1.807) is 19.2 Å². The molecule has 0 spiro atoms. The maximum Gasteiger partial charge on any atom is 0.180 e. The molecule has 0 saturated carbocycles. The molecule has 1 atom stereocenters. The van der Waals surface area contributed by atoms with Crippen LogP contribution < -0.4 is 11.1 Å². The molecule has 10 heteroatoms. The lowest BCUT2D eigenvalue weighted by Crippen LogP contribution is -2.20. The Morgan fingerprint density at radius 2 is 2.18 bits per heavy atom. The second-order valence-electron chi connectivity index (χ2n) is 4.93. The third kappa shape index (κ3) is 4.61. The zero-order valence-corrected chi connectivity index (χ0v) is 13.8. The summed E-state index contributed by atoms with van der Waals surface area (Å²) in [6, 6.07) is 1.33. The first kappa shape index (κ1) is 16.6. The van der Waals surface area contributed by atoms with Crippen molar-refractivity contribution in [2.75, 3.05) is 23.9 Å². The Morgan fingerprint density at radius 1 is 1.45 bits per heavy atom. The number of nitrogens with two attached hydrogens (primary N) is 1. The van der Waals surface area contributed by atoms with E-state index in [2.05, 4.69) is 20.3 Å². The van der Waals surface area contributed by atoms with Gasteiger partial charge in [0, 0.05) is 18.4 Å². The molecule has 2 heterocycles. The van der Waals surface area contributed by atoms with Gasteiger partial charge in [-0.15, -0.1) is 0 Å². The molecule has 0 saturated heterocycles. The largest absolute Gasteiger partial charge is 0.394 e. The van der Waals surface area contributed by atoms with E-state index in [0.717, 1.165) is 6.26 Å². The number of nitrogen functional groups attached to an aromatic ring is 1. The molecule has 0 aliphatic heterocycles. The highest BCUT2D eigenvalue weighted by molar-refractivity contribution is 7.89. The van der Waals surface area contributed by atoms with Crippen LogP contribution in [0.25, 0.3) is 10.7 Å². The van der Waals surface area contributed by atoms with E-state index in [4.69, 9.17) is 10.8 Å². The average molecular weight is 343 g/mol. The molecule has 0 aromatic carbocycles. The van der Waals surface area contributed by atoms with Crippen molar-refractivity contribution in [1.29, 1.82) is 0 Å². The van der Waals surface area contributed by atoms with E-state index in [1.165, 1.54) is 11.3 Å². The number of hydrogen-bond donors (Lipinski definition) is 3. The molecular weight excluding hydrogens is 326 g/mol. The van der Waals surface area contributed by atoms with Gasteiger partial charge in [-0.2, -0.15) is 0 Å². The van der Waals surface area contributed by atoms with Gasteiger partial charge in [0.25, 0.3) is 0 Å². The molecule has 2 aromatic rings. The van der Waals surface area contributed by atoms with Crippen molar-refractivity contribution in [2.45, 2.75) is 18.7 Å². The smallest absolute Gasteiger partial charge is 0.180 e. The summed E-state index contributed by atoms with van der Waals surface area (Å²) in [5, 5.41) is 12.5. The van der Waals surface area contributed by atoms with Crippen LogP contribution in [0.4, 0.5) is 10.9 Å². The number of sulfone groups is 1. The van der Waals surface area contributed by atoms with Gasteiger partial charge in [0.2, 0.25) is 0 Å². The number of nitrogens with zero attached hydrogens (tertiary/aromatic N) is 3. The normalized spacial score (nSPS) is 13.0. The quantitative estimate of drug-likeness (QED) is 0.692. The summed E-state index contributed by atoms with van der Waals surface area (Å²) in [6.07, 6.45) is 2.68. The summed E-state index contributed by atoms with van der Waals surface area (Å²) in [7, 11) is -3.23. The molecule has 0 aliphatic carbocycles. The van der Waals surface area contributed by atoms with E-state index < -0.39 is 9.84 Å². The van der Waals surface area contributed by atoms with Crippen LogP contribution in [0.1, 0.15) is 12.6 Å². The van der Waals surface area contributed by atoms with E-state index in [0.29, 0.717) is 27.3 Å². The lowest BCUT2D eigenvalue weighted by atomic mass is 10.3. The summed E-state index contributed by atoms with van der Waals surface area (Å²) in [4.78, 5) is 13.2. The molecule has 0 unspecified atom stereocenters. The maximum atomic E-state index is 11.5. The van der Waals surface area contributed by atoms with E-state index in [9.17, 15) is 8.42 Å². The molecule has 120 valence electrons. The van der Waals surface area contributed by atoms with E-state index >= 15 is 0 Å². The first-order chi connectivity index (χ1) is 10.3. The van der Waals surface area contributed by atoms with Crippen molar-refractivity contribution in [2.24, 2.45) is 0 Å². The molecule has 0 bridgehead atoms. The first-order valence-corrected chi connectivity index (χ1v) is 9.29. The summed E-state index contributed by atoms with van der Waals surface area (Å²) in [5.41, 5.74) is 5.97. The standard InChI is InChI=1S/C12H17N5O3S2/c1-7(5-18)15-10-3-8(6-22(2,19)20)16-11(17-10)9-4-14-12(13)21-9/h3-4,7,18H,5-6H2,1-2H3,(H2,13,14)(H,15,16,17)/t7-/m0/s1. The Kier molecular flexibility index (Phi) is 4.94. The maximum absolute atomic E-state index is 11.5. The van der Waals surface area contributed by atoms with E-state index in [1.807, 2.05) is 0 Å². The Morgan fingerprint density at radius 3 is 2.73 bits per heavy atom. The Balaban J connectivity index is 2.43. The van der Waals surface area contributed by atoms with Gasteiger partial charge in [-0.1, -0.05) is 11.3 Å². The van der Waals surface area contributed by atoms with Crippen molar-refractivity contribution in [3.63, 3.8) is 0 Å². The number of aliphatic hydroxyl groups excluding tert-OH is 1. The monoisotopic (exact) mass is 343 g/mol. The molecule has 0 amide bonds. The molecular formula is C12H17N5O3S2. The predicted octanol–water partition coefficient (Wildman–Crippen LogP) is 0.520. The highest BCUT2D eigenvalue weighted by Gasteiger charge is 2.14. The van der Waals surface area contributed by atoms with Gasteiger partial charge in [-0.05, 0) is 6.92 Å². The molecule has 8 nitrogen and oxygen atoms in total. The van der Waals surface area contributed by atoms with Crippen molar-refractivity contribution in [1.82, 2.24) is 15.0 Å². The zero-order valence-electron chi connectivity index (χ0n) is 12.1. The fraction of sp³-hybridized carbons (Fsp3) is 0.417. The zero-order chi connectivity index (χ0) is 16.3. The molecule has 2 aromatic heterocycles. The molecule has 2 rings (SSSR count). The van der Waals surface area contributed by atoms with Crippen molar-refractivity contribution >= 4 is 32.1 Å². The second-order valence-corrected chi connectivity index (χ2v) is 8.13. The van der Waals surface area contributed by atoms with Gasteiger partial charge < -0.3 is 16.2 Å². The lowest BCUT2D eigenvalue weighted by Gasteiger charge is -2.13. The SMILES string of the molecule is C[C@@H](CO)Nc1cc(CS(C)(=O)=O)nc(-c2cnc(N)s2)n1. The molecule has 0 radical (unpaired) electrons. The van der Waals surface area contributed by atoms with Gasteiger partial charge in [-0.3, -0.25) is 0 Å². The number of thiazole rings is 1. The van der Waals surface area contributed by atoms with Crippen LogP contribution >= 0.6 is 11.3 Å². The average Bonchev–Trinajstić information content (AvgIpc) is 2.83. The minimum Gasteiger partial charge on any atom is -0.394 e. The lowest BCUT2D eigenvalue weighted by molar-refractivity contribution is 0.281. The fourth-order valence-electron chi connectivity index (χ4n) is 1.71. The Bertz CT molecular complexity index is 760. The predicted molar refractivity (Wildman–Crippen MR) is 86.3 cm³/mol. The molecule has 0 fully saturated rings. The van der Waals surface area contributed by atoms with Gasteiger partial charge in [-0.25, -0.2) is 23.4 Å². The van der Waals surface area contributed by atoms with Crippen LogP contribution in [0.3, 0.4) is 0 Å². The fourth-order valence-corrected chi connectivity index (χ4v) is 3.02. The highest BCUT2D eigenvalue weighted by atomic mass is 32.2. The molecule has 22 heavy (non-hydrogen) atoms. The number of anilines is 2. The second kappa shape index (κ2) is 6.55. The Labute approximate surface area is 132 Å². The third-order valence-electron chi connectivity index (χ3n) is 2.60. The number of nitrogens with one attached hydrogen (secondary N) is 1. The summed E-state index contributed by atoms with van der Waals surface area (Å²) >= 11 is 1.22. The minimum atomic E-state index is -3.23. The van der Waals surface area contributed by atoms with Gasteiger partial charge in [0.05, 0.1) is 29.1 Å². The number of aliphatic hydroxyl groups is 1. The van der Waals surface area contributed by atoms with Crippen LogP contribution in [0, 0.1) is 0 Å². The Hall–Kier alpha value is -1.78. The summed E-state index contributed by atoms with van der Waals surface area (Å²) in [5.74, 6) is 0.596. The summed E-state index contributed by atoms with van der Waals surface area (Å²) < 4.78 is 23.0. The van der Waals surface area contributed by atoms with Crippen LogP contribution in [0.5, 0.6) is 0 Å². The van der Waals surface area contributed by atoms with Crippen LogP contribution in [0.15, 0.2) is 12.3 Å². The van der Waals surface area contributed by atoms with Crippen LogP contribution in [-0.4, -0.2) is 47.4 Å². The molecule has 4 N–H and O–H groups in total. The van der Waals surface area contributed by atoms with Gasteiger partial charge >= 0.3 is 0 Å². The molecule has 0 aliphatic rings. The minimum absolute atomic E-state index is 0.0751. The first-order valence-electron chi connectivity index (χ1n) is 6.41. The topological polar surface area (TPSA) is 131 Å².